The highest BCUT2D eigenvalue weighted by Crippen LogP contribution is 2.20. The van der Waals surface area contributed by atoms with Crippen molar-refractivity contribution in [1.82, 2.24) is 0 Å². The summed E-state index contributed by atoms with van der Waals surface area (Å²) in [7, 11) is 0. The van der Waals surface area contributed by atoms with Crippen LogP contribution in [0.3, 0.4) is 0 Å². The second-order valence-corrected chi connectivity index (χ2v) is 5.22. The number of nitrogens with one attached hydrogen (secondary N) is 1. The van der Waals surface area contributed by atoms with Gasteiger partial charge in [0, 0.05) is 31.0 Å². The van der Waals surface area contributed by atoms with Crippen LogP contribution in [0.1, 0.15) is 18.4 Å². The van der Waals surface area contributed by atoms with Crippen molar-refractivity contribution in [2.24, 2.45) is 0 Å². The van der Waals surface area contributed by atoms with Crippen molar-refractivity contribution in [3.8, 4) is 0 Å². The standard InChI is InChI=1S/C17H19FN2/c18-15-4-3-5-16(12-15)19-13-14-6-8-17(9-7-14)20-10-1-2-11-20/h3-9,12,19H,1-2,10-11,13H2. The van der Waals surface area contributed by atoms with Crippen LogP contribution in [0, 0.1) is 5.82 Å². The van der Waals surface area contributed by atoms with Crippen LogP contribution in [-0.4, -0.2) is 13.1 Å². The highest BCUT2D eigenvalue weighted by molar-refractivity contribution is 5.49. The molecule has 3 rings (SSSR count). The maximum atomic E-state index is 13.1. The van der Waals surface area contributed by atoms with E-state index in [1.54, 1.807) is 6.07 Å². The van der Waals surface area contributed by atoms with E-state index in [2.05, 4.69) is 34.5 Å². The van der Waals surface area contributed by atoms with Crippen LogP contribution >= 0.6 is 0 Å². The summed E-state index contributed by atoms with van der Waals surface area (Å²) in [5.74, 6) is -0.209. The minimum absolute atomic E-state index is 0.209. The minimum Gasteiger partial charge on any atom is -0.381 e. The van der Waals surface area contributed by atoms with E-state index in [9.17, 15) is 4.39 Å². The summed E-state index contributed by atoms with van der Waals surface area (Å²) in [5.41, 5.74) is 3.32. The largest absolute Gasteiger partial charge is 0.381 e. The molecule has 0 atom stereocenters. The van der Waals surface area contributed by atoms with Gasteiger partial charge < -0.3 is 10.2 Å². The summed E-state index contributed by atoms with van der Waals surface area (Å²) in [6.07, 6.45) is 2.59. The molecule has 0 aromatic heterocycles. The van der Waals surface area contributed by atoms with Crippen LogP contribution in [-0.2, 0) is 6.54 Å². The van der Waals surface area contributed by atoms with E-state index in [0.29, 0.717) is 6.54 Å². The summed E-state index contributed by atoms with van der Waals surface area (Å²) >= 11 is 0. The van der Waals surface area contributed by atoms with Gasteiger partial charge in [-0.05, 0) is 48.7 Å². The number of anilines is 2. The van der Waals surface area contributed by atoms with Gasteiger partial charge in [0.2, 0.25) is 0 Å². The predicted octanol–water partition coefficient (Wildman–Crippen LogP) is 4.04. The molecule has 2 aromatic carbocycles. The van der Waals surface area contributed by atoms with Crippen molar-refractivity contribution in [2.75, 3.05) is 23.3 Å². The second kappa shape index (κ2) is 5.95. The monoisotopic (exact) mass is 270 g/mol. The third-order valence-corrected chi connectivity index (χ3v) is 3.73. The van der Waals surface area contributed by atoms with E-state index in [4.69, 9.17) is 0 Å². The lowest BCUT2D eigenvalue weighted by Gasteiger charge is -2.17. The molecule has 104 valence electrons. The van der Waals surface area contributed by atoms with Gasteiger partial charge in [-0.1, -0.05) is 18.2 Å². The average molecular weight is 270 g/mol. The van der Waals surface area contributed by atoms with Gasteiger partial charge in [0.1, 0.15) is 5.82 Å². The molecule has 2 aromatic rings. The van der Waals surface area contributed by atoms with Crippen molar-refractivity contribution in [3.05, 3.63) is 59.9 Å². The molecule has 3 heteroatoms. The summed E-state index contributed by atoms with van der Waals surface area (Å²) < 4.78 is 13.1. The average Bonchev–Trinajstić information content (AvgIpc) is 3.00. The van der Waals surface area contributed by atoms with E-state index in [1.165, 1.54) is 49.3 Å². The fourth-order valence-electron chi connectivity index (χ4n) is 2.60. The van der Waals surface area contributed by atoms with Crippen LogP contribution < -0.4 is 10.2 Å². The molecule has 0 saturated carbocycles. The zero-order chi connectivity index (χ0) is 13.8. The molecule has 1 aliphatic heterocycles. The van der Waals surface area contributed by atoms with Gasteiger partial charge in [-0.3, -0.25) is 0 Å². The molecule has 0 radical (unpaired) electrons. The second-order valence-electron chi connectivity index (χ2n) is 5.22. The third kappa shape index (κ3) is 3.10. The van der Waals surface area contributed by atoms with Crippen molar-refractivity contribution >= 4 is 11.4 Å². The van der Waals surface area contributed by atoms with Gasteiger partial charge >= 0.3 is 0 Å². The maximum Gasteiger partial charge on any atom is 0.125 e. The van der Waals surface area contributed by atoms with E-state index < -0.39 is 0 Å². The molecular weight excluding hydrogens is 251 g/mol. The van der Waals surface area contributed by atoms with Crippen LogP contribution in [0.25, 0.3) is 0 Å². The Bertz CT molecular complexity index is 559. The molecule has 0 aliphatic carbocycles. The zero-order valence-corrected chi connectivity index (χ0v) is 11.5. The number of nitrogens with zero attached hydrogens (tertiary/aromatic N) is 1. The first-order valence-corrected chi connectivity index (χ1v) is 7.14. The molecule has 1 N–H and O–H groups in total. The SMILES string of the molecule is Fc1cccc(NCc2ccc(N3CCCC3)cc2)c1. The number of hydrogen-bond acceptors (Lipinski definition) is 2. The number of hydrogen-bond donors (Lipinski definition) is 1. The third-order valence-electron chi connectivity index (χ3n) is 3.73. The number of benzene rings is 2. The fourth-order valence-corrected chi connectivity index (χ4v) is 2.60. The van der Waals surface area contributed by atoms with E-state index in [-0.39, 0.29) is 5.82 Å². The van der Waals surface area contributed by atoms with Gasteiger partial charge in [0.15, 0.2) is 0 Å². The first-order chi connectivity index (χ1) is 9.81. The normalized spacial score (nSPS) is 14.6. The highest BCUT2D eigenvalue weighted by Gasteiger charge is 2.11. The summed E-state index contributed by atoms with van der Waals surface area (Å²) in [6, 6.07) is 15.2. The molecule has 1 fully saturated rings. The Kier molecular flexibility index (Phi) is 3.86. The molecule has 0 spiro atoms. The van der Waals surface area contributed by atoms with Crippen LogP contribution in [0.5, 0.6) is 0 Å². The van der Waals surface area contributed by atoms with Gasteiger partial charge in [-0.2, -0.15) is 0 Å². The van der Waals surface area contributed by atoms with Crippen molar-refractivity contribution in [1.29, 1.82) is 0 Å². The Morgan fingerprint density at radius 1 is 1.00 bits per heavy atom. The van der Waals surface area contributed by atoms with Crippen LogP contribution in [0.2, 0.25) is 0 Å². The molecule has 1 saturated heterocycles. The Morgan fingerprint density at radius 3 is 2.45 bits per heavy atom. The molecular formula is C17H19FN2. The lowest BCUT2D eigenvalue weighted by molar-refractivity contribution is 0.628. The lowest BCUT2D eigenvalue weighted by Crippen LogP contribution is -2.17. The number of rotatable bonds is 4. The Labute approximate surface area is 119 Å². The Morgan fingerprint density at radius 2 is 1.75 bits per heavy atom. The summed E-state index contributed by atoms with van der Waals surface area (Å²) in [4.78, 5) is 2.42. The van der Waals surface area contributed by atoms with Gasteiger partial charge in [0.25, 0.3) is 0 Å². The van der Waals surface area contributed by atoms with Gasteiger partial charge in [-0.25, -0.2) is 4.39 Å². The summed E-state index contributed by atoms with van der Waals surface area (Å²) in [6.45, 7) is 3.05. The maximum absolute atomic E-state index is 13.1. The molecule has 0 bridgehead atoms. The zero-order valence-electron chi connectivity index (χ0n) is 11.5. The van der Waals surface area contributed by atoms with E-state index in [0.717, 1.165) is 5.69 Å². The Hall–Kier alpha value is -2.03. The topological polar surface area (TPSA) is 15.3 Å². The first kappa shape index (κ1) is 13.0. The number of halogens is 1. The quantitative estimate of drug-likeness (QED) is 0.902. The Balaban J connectivity index is 1.60. The highest BCUT2D eigenvalue weighted by atomic mass is 19.1. The molecule has 1 aliphatic rings. The smallest absolute Gasteiger partial charge is 0.125 e. The first-order valence-electron chi connectivity index (χ1n) is 7.14. The predicted molar refractivity (Wildman–Crippen MR) is 81.6 cm³/mol. The van der Waals surface area contributed by atoms with E-state index in [1.807, 2.05) is 6.07 Å². The summed E-state index contributed by atoms with van der Waals surface area (Å²) in [5, 5.41) is 3.24. The molecule has 0 unspecified atom stereocenters. The molecule has 1 heterocycles. The van der Waals surface area contributed by atoms with Gasteiger partial charge in [-0.15, -0.1) is 0 Å². The molecule has 20 heavy (non-hydrogen) atoms. The lowest BCUT2D eigenvalue weighted by atomic mass is 10.2. The van der Waals surface area contributed by atoms with Gasteiger partial charge in [0.05, 0.1) is 0 Å². The van der Waals surface area contributed by atoms with Crippen molar-refractivity contribution in [2.45, 2.75) is 19.4 Å². The fraction of sp³-hybridized carbons (Fsp3) is 0.294. The van der Waals surface area contributed by atoms with Crippen LogP contribution in [0.15, 0.2) is 48.5 Å². The minimum atomic E-state index is -0.209. The van der Waals surface area contributed by atoms with Crippen molar-refractivity contribution in [3.63, 3.8) is 0 Å². The van der Waals surface area contributed by atoms with E-state index >= 15 is 0 Å². The molecule has 0 amide bonds. The van der Waals surface area contributed by atoms with Crippen LogP contribution in [0.4, 0.5) is 15.8 Å². The van der Waals surface area contributed by atoms with Crippen molar-refractivity contribution < 1.29 is 4.39 Å². The molecule has 2 nitrogen and oxygen atoms in total.